The lowest BCUT2D eigenvalue weighted by Crippen LogP contribution is -2.13. The van der Waals surface area contributed by atoms with Gasteiger partial charge in [0.25, 0.3) is 5.91 Å². The van der Waals surface area contributed by atoms with Crippen LogP contribution in [0.5, 0.6) is 11.5 Å². The molecule has 0 saturated carbocycles. The number of carbonyl (C=O) groups excluding carboxylic acids is 1. The van der Waals surface area contributed by atoms with Crippen LogP contribution in [0.4, 0.5) is 5.69 Å². The molecule has 27 heavy (non-hydrogen) atoms. The number of amides is 1. The Morgan fingerprint density at radius 3 is 2.30 bits per heavy atom. The van der Waals surface area contributed by atoms with Gasteiger partial charge in [0.05, 0.1) is 31.9 Å². The first-order valence-electron chi connectivity index (χ1n) is 8.05. The number of rotatable bonds is 8. The van der Waals surface area contributed by atoms with Gasteiger partial charge in [0.2, 0.25) is 0 Å². The number of carbonyl (C=O) groups is 2. The number of hydrogen-bond acceptors (Lipinski definition) is 6. The first kappa shape index (κ1) is 19.8. The fourth-order valence-electron chi connectivity index (χ4n) is 2.41. The Kier molecular flexibility index (Phi) is 6.76. The van der Waals surface area contributed by atoms with Crippen LogP contribution in [0.25, 0.3) is 0 Å². The highest BCUT2D eigenvalue weighted by atomic mass is 16.5. The molecule has 0 aromatic heterocycles. The minimum atomic E-state index is -0.979. The summed E-state index contributed by atoms with van der Waals surface area (Å²) in [5.74, 6) is -0.417. The molecule has 0 spiro atoms. The standard InChI is InChI=1S/C19H20N2O6/c1-26-14-7-9-17(27-2)15(11-14)19(24)20-13-5-3-12(4-6-13)16(21-25)8-10-18(22)23/h3-7,9,11,25H,8,10H2,1-2H3,(H,20,24)(H,22,23)/b21-16-. The second kappa shape index (κ2) is 9.23. The number of aliphatic carboxylic acids is 1. The summed E-state index contributed by atoms with van der Waals surface area (Å²) in [6.45, 7) is 0. The zero-order valence-electron chi connectivity index (χ0n) is 14.9. The zero-order valence-corrected chi connectivity index (χ0v) is 14.9. The van der Waals surface area contributed by atoms with Gasteiger partial charge in [-0.3, -0.25) is 9.59 Å². The summed E-state index contributed by atoms with van der Waals surface area (Å²) < 4.78 is 10.3. The maximum absolute atomic E-state index is 12.5. The second-order valence-electron chi connectivity index (χ2n) is 5.54. The molecular formula is C19H20N2O6. The number of methoxy groups -OCH3 is 2. The van der Waals surface area contributed by atoms with Crippen molar-refractivity contribution in [3.8, 4) is 11.5 Å². The molecule has 2 aromatic rings. The van der Waals surface area contributed by atoms with Crippen LogP contribution in [0.2, 0.25) is 0 Å². The van der Waals surface area contributed by atoms with E-state index in [0.717, 1.165) is 0 Å². The highest BCUT2D eigenvalue weighted by Crippen LogP contribution is 2.25. The Labute approximate surface area is 156 Å². The van der Waals surface area contributed by atoms with Gasteiger partial charge >= 0.3 is 5.97 Å². The monoisotopic (exact) mass is 372 g/mol. The normalized spacial score (nSPS) is 11.0. The first-order chi connectivity index (χ1) is 13.0. The van der Waals surface area contributed by atoms with E-state index in [1.54, 1.807) is 42.5 Å². The maximum atomic E-state index is 12.5. The number of oxime groups is 1. The molecule has 0 atom stereocenters. The fourth-order valence-corrected chi connectivity index (χ4v) is 2.41. The van der Waals surface area contributed by atoms with Gasteiger partial charge in [0, 0.05) is 12.1 Å². The van der Waals surface area contributed by atoms with Crippen molar-refractivity contribution in [1.29, 1.82) is 0 Å². The predicted molar refractivity (Wildman–Crippen MR) is 99.1 cm³/mol. The summed E-state index contributed by atoms with van der Waals surface area (Å²) in [4.78, 5) is 23.2. The van der Waals surface area contributed by atoms with Crippen molar-refractivity contribution in [2.75, 3.05) is 19.5 Å². The van der Waals surface area contributed by atoms with Gasteiger partial charge in [-0.05, 0) is 35.9 Å². The van der Waals surface area contributed by atoms with Gasteiger partial charge in [-0.2, -0.15) is 0 Å². The van der Waals surface area contributed by atoms with E-state index in [1.807, 2.05) is 0 Å². The molecule has 0 aliphatic heterocycles. The summed E-state index contributed by atoms with van der Waals surface area (Å²) in [5.41, 5.74) is 1.66. The number of anilines is 1. The predicted octanol–water partition coefficient (Wildman–Crippen LogP) is 3.00. The van der Waals surface area contributed by atoms with Crippen LogP contribution in [0, 0.1) is 0 Å². The Morgan fingerprint density at radius 2 is 1.74 bits per heavy atom. The third-order valence-corrected chi connectivity index (χ3v) is 3.82. The van der Waals surface area contributed by atoms with Gasteiger partial charge < -0.3 is 25.1 Å². The summed E-state index contributed by atoms with van der Waals surface area (Å²) >= 11 is 0. The molecule has 0 aliphatic carbocycles. The fraction of sp³-hybridized carbons (Fsp3) is 0.211. The number of ether oxygens (including phenoxy) is 2. The lowest BCUT2D eigenvalue weighted by Gasteiger charge is -2.11. The first-order valence-corrected chi connectivity index (χ1v) is 8.05. The molecule has 0 aliphatic rings. The molecule has 142 valence electrons. The van der Waals surface area contributed by atoms with Gasteiger partial charge in [0.15, 0.2) is 0 Å². The zero-order chi connectivity index (χ0) is 19.8. The lowest BCUT2D eigenvalue weighted by atomic mass is 10.1. The Balaban J connectivity index is 2.14. The topological polar surface area (TPSA) is 117 Å². The molecule has 2 rings (SSSR count). The van der Waals surface area contributed by atoms with Crippen LogP contribution in [-0.4, -0.2) is 42.1 Å². The minimum absolute atomic E-state index is 0.0958. The van der Waals surface area contributed by atoms with Crippen LogP contribution >= 0.6 is 0 Å². The molecule has 0 radical (unpaired) electrons. The minimum Gasteiger partial charge on any atom is -0.497 e. The highest BCUT2D eigenvalue weighted by Gasteiger charge is 2.14. The number of benzene rings is 2. The van der Waals surface area contributed by atoms with Crippen molar-refractivity contribution in [2.45, 2.75) is 12.8 Å². The average molecular weight is 372 g/mol. The van der Waals surface area contributed by atoms with E-state index in [2.05, 4.69) is 10.5 Å². The smallest absolute Gasteiger partial charge is 0.303 e. The molecule has 1 amide bonds. The van der Waals surface area contributed by atoms with E-state index in [9.17, 15) is 9.59 Å². The second-order valence-corrected chi connectivity index (χ2v) is 5.54. The van der Waals surface area contributed by atoms with E-state index in [1.165, 1.54) is 14.2 Å². The molecule has 0 unspecified atom stereocenters. The van der Waals surface area contributed by atoms with Crippen LogP contribution in [0.15, 0.2) is 47.6 Å². The third-order valence-electron chi connectivity index (χ3n) is 3.82. The van der Waals surface area contributed by atoms with E-state index in [0.29, 0.717) is 28.3 Å². The number of nitrogens with zero attached hydrogens (tertiary/aromatic N) is 1. The lowest BCUT2D eigenvalue weighted by molar-refractivity contribution is -0.136. The van der Waals surface area contributed by atoms with Crippen molar-refractivity contribution in [3.63, 3.8) is 0 Å². The van der Waals surface area contributed by atoms with Crippen LogP contribution < -0.4 is 14.8 Å². The molecule has 3 N–H and O–H groups in total. The van der Waals surface area contributed by atoms with Gasteiger partial charge in [-0.25, -0.2) is 0 Å². The average Bonchev–Trinajstić information content (AvgIpc) is 2.68. The van der Waals surface area contributed by atoms with Gasteiger partial charge in [-0.15, -0.1) is 0 Å². The van der Waals surface area contributed by atoms with E-state index >= 15 is 0 Å². The molecule has 8 heteroatoms. The number of hydrogen-bond donors (Lipinski definition) is 3. The van der Waals surface area contributed by atoms with E-state index in [4.69, 9.17) is 19.8 Å². The van der Waals surface area contributed by atoms with Crippen LogP contribution in [0.3, 0.4) is 0 Å². The molecule has 0 saturated heterocycles. The maximum Gasteiger partial charge on any atom is 0.303 e. The molecule has 0 bridgehead atoms. The quantitative estimate of drug-likeness (QED) is 0.372. The third kappa shape index (κ3) is 5.21. The molecule has 0 fully saturated rings. The summed E-state index contributed by atoms with van der Waals surface area (Å²) in [5, 5.41) is 23.7. The van der Waals surface area contributed by atoms with Crippen molar-refractivity contribution >= 4 is 23.3 Å². The number of nitrogens with one attached hydrogen (secondary N) is 1. The number of carboxylic acids is 1. The van der Waals surface area contributed by atoms with Crippen molar-refractivity contribution in [2.24, 2.45) is 5.16 Å². The Hall–Kier alpha value is -3.55. The summed E-state index contributed by atoms with van der Waals surface area (Å²) in [6.07, 6.45) is -0.0495. The van der Waals surface area contributed by atoms with Crippen LogP contribution in [0.1, 0.15) is 28.8 Å². The number of carboxylic acid groups (broad SMARTS) is 1. The molecular weight excluding hydrogens is 352 g/mol. The van der Waals surface area contributed by atoms with Crippen LogP contribution in [-0.2, 0) is 4.79 Å². The largest absolute Gasteiger partial charge is 0.497 e. The highest BCUT2D eigenvalue weighted by molar-refractivity contribution is 6.07. The molecule has 2 aromatic carbocycles. The molecule has 0 heterocycles. The molecule has 8 nitrogen and oxygen atoms in total. The SMILES string of the molecule is COc1ccc(OC)c(C(=O)Nc2ccc(/C(CCC(=O)O)=N\O)cc2)c1. The van der Waals surface area contributed by atoms with Crippen molar-refractivity contribution < 1.29 is 29.4 Å². The summed E-state index contributed by atoms with van der Waals surface area (Å²) in [6, 6.07) is 11.4. The van der Waals surface area contributed by atoms with Gasteiger partial charge in [-0.1, -0.05) is 17.3 Å². The van der Waals surface area contributed by atoms with Gasteiger partial charge in [0.1, 0.15) is 11.5 Å². The van der Waals surface area contributed by atoms with E-state index in [-0.39, 0.29) is 24.5 Å². The Bertz CT molecular complexity index is 846. The van der Waals surface area contributed by atoms with Crippen molar-refractivity contribution in [1.82, 2.24) is 0 Å². The van der Waals surface area contributed by atoms with E-state index < -0.39 is 5.97 Å². The van der Waals surface area contributed by atoms with Crippen molar-refractivity contribution in [3.05, 3.63) is 53.6 Å². The summed E-state index contributed by atoms with van der Waals surface area (Å²) in [7, 11) is 2.98. The Morgan fingerprint density at radius 1 is 1.04 bits per heavy atom.